The number of halogens is 4. The van der Waals surface area contributed by atoms with Gasteiger partial charge in [0, 0.05) is 0 Å². The van der Waals surface area contributed by atoms with Crippen molar-refractivity contribution in [3.63, 3.8) is 0 Å². The summed E-state index contributed by atoms with van der Waals surface area (Å²) in [7, 11) is 0. The van der Waals surface area contributed by atoms with Gasteiger partial charge in [-0.2, -0.15) is 0 Å². The summed E-state index contributed by atoms with van der Waals surface area (Å²) < 4.78 is 0.0674. The highest BCUT2D eigenvalue weighted by Crippen LogP contribution is 2.11. The summed E-state index contributed by atoms with van der Waals surface area (Å²) >= 11 is 21.6. The molecule has 0 radical (unpaired) electrons. The van der Waals surface area contributed by atoms with E-state index >= 15 is 0 Å². The number of carbonyl (C=O) groups is 1. The standard InChI is InChI=1S/C8H9Cl4NO/c1-2-3-5(4-6(9)10)13-8(14)7(11)12/h2,4-5,7H,1,3H2,(H,13,14). The number of hydrogen-bond acceptors (Lipinski definition) is 1. The topological polar surface area (TPSA) is 29.1 Å². The molecule has 0 rings (SSSR count). The lowest BCUT2D eigenvalue weighted by Crippen LogP contribution is -2.36. The van der Waals surface area contributed by atoms with E-state index < -0.39 is 10.7 Å². The summed E-state index contributed by atoms with van der Waals surface area (Å²) in [6.45, 7) is 3.53. The predicted octanol–water partition coefficient (Wildman–Crippen LogP) is 3.17. The molecule has 6 heteroatoms. The molecule has 0 aliphatic carbocycles. The molecule has 0 aliphatic heterocycles. The third-order valence-electron chi connectivity index (χ3n) is 1.27. The number of nitrogens with one attached hydrogen (secondary N) is 1. The van der Waals surface area contributed by atoms with E-state index in [0.717, 1.165) is 0 Å². The molecule has 0 heterocycles. The molecule has 0 fully saturated rings. The lowest BCUT2D eigenvalue weighted by molar-refractivity contribution is -0.119. The van der Waals surface area contributed by atoms with Crippen molar-refractivity contribution >= 4 is 52.3 Å². The summed E-state index contributed by atoms with van der Waals surface area (Å²) in [5, 5.41) is 2.53. The first-order chi connectivity index (χ1) is 6.47. The van der Waals surface area contributed by atoms with E-state index in [0.29, 0.717) is 6.42 Å². The molecule has 0 aromatic rings. The SMILES string of the molecule is C=CCC(C=C(Cl)Cl)NC(=O)C(Cl)Cl. The summed E-state index contributed by atoms with van der Waals surface area (Å²) in [6, 6.07) is -0.343. The summed E-state index contributed by atoms with van der Waals surface area (Å²) in [6.07, 6.45) is 3.59. The largest absolute Gasteiger partial charge is 0.347 e. The highest BCUT2D eigenvalue weighted by atomic mass is 35.5. The lowest BCUT2D eigenvalue weighted by atomic mass is 10.2. The number of amides is 1. The van der Waals surface area contributed by atoms with Gasteiger partial charge < -0.3 is 5.32 Å². The molecular formula is C8H9Cl4NO. The molecule has 0 bridgehead atoms. The summed E-state index contributed by atoms with van der Waals surface area (Å²) in [4.78, 5) is 9.98. The molecule has 0 aromatic carbocycles. The Bertz CT molecular complexity index is 235. The average molecular weight is 277 g/mol. The smallest absolute Gasteiger partial charge is 0.253 e. The zero-order chi connectivity index (χ0) is 11.1. The Morgan fingerprint density at radius 1 is 1.43 bits per heavy atom. The molecule has 1 atom stereocenters. The Morgan fingerprint density at radius 3 is 2.36 bits per heavy atom. The summed E-state index contributed by atoms with van der Waals surface area (Å²) in [5.74, 6) is -0.494. The normalized spacial score (nSPS) is 12.1. The zero-order valence-electron chi connectivity index (χ0n) is 7.14. The van der Waals surface area contributed by atoms with Gasteiger partial charge in [-0.25, -0.2) is 0 Å². The number of rotatable bonds is 5. The van der Waals surface area contributed by atoms with Crippen molar-refractivity contribution in [1.82, 2.24) is 5.32 Å². The minimum absolute atomic E-state index is 0.0674. The molecule has 0 spiro atoms. The maximum Gasteiger partial charge on any atom is 0.253 e. The van der Waals surface area contributed by atoms with Crippen LogP contribution in [0, 0.1) is 0 Å². The van der Waals surface area contributed by atoms with Crippen molar-refractivity contribution in [3.8, 4) is 0 Å². The zero-order valence-corrected chi connectivity index (χ0v) is 10.2. The van der Waals surface area contributed by atoms with Gasteiger partial charge in [0.15, 0.2) is 4.84 Å². The molecule has 0 saturated heterocycles. The van der Waals surface area contributed by atoms with Crippen molar-refractivity contribution < 1.29 is 4.79 Å². The van der Waals surface area contributed by atoms with E-state index in [1.54, 1.807) is 6.08 Å². The first kappa shape index (κ1) is 14.1. The number of alkyl halides is 2. The van der Waals surface area contributed by atoms with Gasteiger partial charge in [-0.05, 0) is 12.5 Å². The van der Waals surface area contributed by atoms with Crippen molar-refractivity contribution in [2.24, 2.45) is 0 Å². The highest BCUT2D eigenvalue weighted by Gasteiger charge is 2.14. The molecule has 1 N–H and O–H groups in total. The molecular weight excluding hydrogens is 268 g/mol. The van der Waals surface area contributed by atoms with Gasteiger partial charge in [-0.15, -0.1) is 6.58 Å². The van der Waals surface area contributed by atoms with Gasteiger partial charge in [0.1, 0.15) is 4.49 Å². The van der Waals surface area contributed by atoms with Crippen LogP contribution in [0.1, 0.15) is 6.42 Å². The van der Waals surface area contributed by atoms with Gasteiger partial charge in [-0.3, -0.25) is 4.79 Å². The van der Waals surface area contributed by atoms with Gasteiger partial charge in [-0.1, -0.05) is 52.5 Å². The Labute approximate surface area is 103 Å². The molecule has 0 aromatic heterocycles. The van der Waals surface area contributed by atoms with Gasteiger partial charge in [0.2, 0.25) is 0 Å². The molecule has 0 aliphatic rings. The maximum absolute atomic E-state index is 11.1. The minimum atomic E-state index is -1.11. The van der Waals surface area contributed by atoms with E-state index in [1.807, 2.05) is 0 Å². The third-order valence-corrected chi connectivity index (χ3v) is 1.92. The van der Waals surface area contributed by atoms with Crippen LogP contribution in [0.4, 0.5) is 0 Å². The van der Waals surface area contributed by atoms with Gasteiger partial charge in [0.05, 0.1) is 6.04 Å². The van der Waals surface area contributed by atoms with E-state index in [9.17, 15) is 4.79 Å². The van der Waals surface area contributed by atoms with Gasteiger partial charge >= 0.3 is 0 Å². The Morgan fingerprint density at radius 2 is 2.00 bits per heavy atom. The molecule has 1 amide bonds. The summed E-state index contributed by atoms with van der Waals surface area (Å²) in [5.41, 5.74) is 0. The van der Waals surface area contributed by atoms with Crippen LogP contribution in [0.25, 0.3) is 0 Å². The van der Waals surface area contributed by atoms with Crippen LogP contribution in [0.2, 0.25) is 0 Å². The number of carbonyl (C=O) groups excluding carboxylic acids is 1. The quantitative estimate of drug-likeness (QED) is 0.607. The van der Waals surface area contributed by atoms with Crippen LogP contribution >= 0.6 is 46.4 Å². The number of hydrogen-bond donors (Lipinski definition) is 1. The fourth-order valence-corrected chi connectivity index (χ4v) is 1.18. The second-order valence-corrected chi connectivity index (χ2v) is 4.50. The minimum Gasteiger partial charge on any atom is -0.347 e. The molecule has 80 valence electrons. The van der Waals surface area contributed by atoms with Crippen LogP contribution < -0.4 is 5.32 Å². The lowest BCUT2D eigenvalue weighted by Gasteiger charge is -2.13. The second kappa shape index (κ2) is 7.41. The van der Waals surface area contributed by atoms with Crippen LogP contribution in [0.15, 0.2) is 23.2 Å². The fraction of sp³-hybridized carbons (Fsp3) is 0.375. The monoisotopic (exact) mass is 275 g/mol. The highest BCUT2D eigenvalue weighted by molar-refractivity contribution is 6.56. The Balaban J connectivity index is 4.30. The third kappa shape index (κ3) is 6.55. The Kier molecular flexibility index (Phi) is 7.47. The van der Waals surface area contributed by atoms with Crippen molar-refractivity contribution in [2.75, 3.05) is 0 Å². The van der Waals surface area contributed by atoms with Crippen LogP contribution in [0.3, 0.4) is 0 Å². The Hall–Kier alpha value is 0.110. The first-order valence-corrected chi connectivity index (χ1v) is 5.32. The van der Waals surface area contributed by atoms with Crippen LogP contribution in [-0.4, -0.2) is 16.8 Å². The van der Waals surface area contributed by atoms with Gasteiger partial charge in [0.25, 0.3) is 5.91 Å². The maximum atomic E-state index is 11.1. The molecule has 14 heavy (non-hydrogen) atoms. The molecule has 2 nitrogen and oxygen atoms in total. The fourth-order valence-electron chi connectivity index (χ4n) is 0.746. The first-order valence-electron chi connectivity index (χ1n) is 3.69. The van der Waals surface area contributed by atoms with E-state index in [-0.39, 0.29) is 10.5 Å². The van der Waals surface area contributed by atoms with E-state index in [4.69, 9.17) is 46.4 Å². The second-order valence-electron chi connectivity index (χ2n) is 2.40. The van der Waals surface area contributed by atoms with Crippen molar-refractivity contribution in [2.45, 2.75) is 17.3 Å². The average Bonchev–Trinajstić information content (AvgIpc) is 2.02. The molecule has 0 saturated carbocycles. The van der Waals surface area contributed by atoms with Crippen LogP contribution in [-0.2, 0) is 4.79 Å². The van der Waals surface area contributed by atoms with E-state index in [2.05, 4.69) is 11.9 Å². The predicted molar refractivity (Wildman–Crippen MR) is 62.0 cm³/mol. The van der Waals surface area contributed by atoms with Crippen LogP contribution in [0.5, 0.6) is 0 Å². The van der Waals surface area contributed by atoms with Crippen molar-refractivity contribution in [3.05, 3.63) is 23.2 Å². The molecule has 1 unspecified atom stereocenters. The van der Waals surface area contributed by atoms with E-state index in [1.165, 1.54) is 6.08 Å². The van der Waals surface area contributed by atoms with Crippen molar-refractivity contribution in [1.29, 1.82) is 0 Å².